The van der Waals surface area contributed by atoms with E-state index in [0.717, 1.165) is 32.1 Å². The van der Waals surface area contributed by atoms with Gasteiger partial charge in [-0.1, -0.05) is 0 Å². The molecule has 130 valence electrons. The summed E-state index contributed by atoms with van der Waals surface area (Å²) in [7, 11) is 0. The lowest BCUT2D eigenvalue weighted by Gasteiger charge is -2.37. The largest absolute Gasteiger partial charge is 0.373 e. The molecule has 0 unspecified atom stereocenters. The highest BCUT2D eigenvalue weighted by atomic mass is 16.5. The van der Waals surface area contributed by atoms with Gasteiger partial charge in [0.25, 0.3) is 0 Å². The Balaban J connectivity index is 1.31. The highest BCUT2D eigenvalue weighted by Gasteiger charge is 2.24. The highest BCUT2D eigenvalue weighted by molar-refractivity contribution is 4.78. The molecule has 0 aromatic carbocycles. The quantitative estimate of drug-likeness (QED) is 0.804. The number of piperidine rings is 1. The van der Waals surface area contributed by atoms with Crippen molar-refractivity contribution >= 4 is 0 Å². The van der Waals surface area contributed by atoms with Crippen LogP contribution in [0.3, 0.4) is 0 Å². The molecule has 0 bridgehead atoms. The van der Waals surface area contributed by atoms with Crippen molar-refractivity contribution in [3.8, 4) is 0 Å². The molecule has 2 aliphatic heterocycles. The number of hydrogen-bond acceptors (Lipinski definition) is 4. The summed E-state index contributed by atoms with van der Waals surface area (Å²) in [6, 6.07) is 0. The van der Waals surface area contributed by atoms with Crippen molar-refractivity contribution in [3.63, 3.8) is 0 Å². The molecule has 2 atom stereocenters. The van der Waals surface area contributed by atoms with Gasteiger partial charge < -0.3 is 14.2 Å². The van der Waals surface area contributed by atoms with Crippen LogP contribution < -0.4 is 0 Å². The lowest BCUT2D eigenvalue weighted by molar-refractivity contribution is -0.0693. The van der Waals surface area contributed by atoms with Crippen molar-refractivity contribution in [1.82, 2.24) is 19.4 Å². The smallest absolute Gasteiger partial charge is 0.0946 e. The molecular weight excluding hydrogens is 288 g/mol. The molecule has 5 nitrogen and oxygen atoms in total. The first kappa shape index (κ1) is 16.9. The SMILES string of the molecule is C[C@@H]1CN(CCC2CCN(CCn3ccnc3)CC2)C[C@@H](C)O1. The number of ether oxygens (including phenoxy) is 1. The van der Waals surface area contributed by atoms with Gasteiger partial charge >= 0.3 is 0 Å². The molecular formula is C18H32N4O. The van der Waals surface area contributed by atoms with Crippen LogP contribution in [0.25, 0.3) is 0 Å². The van der Waals surface area contributed by atoms with Gasteiger partial charge in [-0.2, -0.15) is 0 Å². The molecule has 1 aromatic heterocycles. The van der Waals surface area contributed by atoms with Crippen molar-refractivity contribution in [2.24, 2.45) is 5.92 Å². The van der Waals surface area contributed by atoms with Crippen LogP contribution in [0.4, 0.5) is 0 Å². The Morgan fingerprint density at radius 3 is 2.39 bits per heavy atom. The molecule has 2 aliphatic rings. The summed E-state index contributed by atoms with van der Waals surface area (Å²) < 4.78 is 8.00. The Bertz CT molecular complexity index is 432. The molecule has 23 heavy (non-hydrogen) atoms. The fourth-order valence-electron chi connectivity index (χ4n) is 4.01. The highest BCUT2D eigenvalue weighted by Crippen LogP contribution is 2.22. The van der Waals surface area contributed by atoms with E-state index in [1.807, 2.05) is 12.5 Å². The van der Waals surface area contributed by atoms with Crippen LogP contribution in [-0.4, -0.2) is 70.8 Å². The fourth-order valence-corrected chi connectivity index (χ4v) is 4.01. The fraction of sp³-hybridized carbons (Fsp3) is 0.833. The average molecular weight is 320 g/mol. The molecule has 0 amide bonds. The number of likely N-dealkylation sites (tertiary alicyclic amines) is 1. The topological polar surface area (TPSA) is 33.5 Å². The number of rotatable bonds is 6. The zero-order valence-corrected chi connectivity index (χ0v) is 14.7. The summed E-state index contributed by atoms with van der Waals surface area (Å²) in [5.41, 5.74) is 0. The normalized spacial score (nSPS) is 28.3. The third kappa shape index (κ3) is 5.30. The Labute approximate surface area is 140 Å². The van der Waals surface area contributed by atoms with Crippen LogP contribution in [0, 0.1) is 5.92 Å². The second-order valence-corrected chi connectivity index (χ2v) is 7.39. The van der Waals surface area contributed by atoms with Gasteiger partial charge in [-0.05, 0) is 58.7 Å². The maximum Gasteiger partial charge on any atom is 0.0946 e. The molecule has 2 fully saturated rings. The van der Waals surface area contributed by atoms with E-state index in [1.54, 1.807) is 0 Å². The lowest BCUT2D eigenvalue weighted by Crippen LogP contribution is -2.46. The average Bonchev–Trinajstić information content (AvgIpc) is 3.04. The van der Waals surface area contributed by atoms with Gasteiger partial charge in [0, 0.05) is 38.6 Å². The molecule has 3 heterocycles. The van der Waals surface area contributed by atoms with Crippen molar-refractivity contribution < 1.29 is 4.74 Å². The van der Waals surface area contributed by atoms with Gasteiger partial charge in [0.05, 0.1) is 18.5 Å². The van der Waals surface area contributed by atoms with E-state index >= 15 is 0 Å². The standard InChI is InChI=1S/C18H32N4O/c1-16-13-22(14-17(2)23-16)9-5-18-3-7-20(8-4-18)11-12-21-10-6-19-15-21/h6,10,15-18H,3-5,7-9,11-14H2,1-2H3/t16-,17-/m1/s1. The van der Waals surface area contributed by atoms with Gasteiger partial charge in [-0.25, -0.2) is 4.98 Å². The van der Waals surface area contributed by atoms with E-state index in [2.05, 4.69) is 39.4 Å². The van der Waals surface area contributed by atoms with E-state index in [4.69, 9.17) is 4.74 Å². The van der Waals surface area contributed by atoms with Crippen molar-refractivity contribution in [1.29, 1.82) is 0 Å². The molecule has 0 N–H and O–H groups in total. The van der Waals surface area contributed by atoms with E-state index in [9.17, 15) is 0 Å². The summed E-state index contributed by atoms with van der Waals surface area (Å²) in [4.78, 5) is 9.32. The van der Waals surface area contributed by atoms with Crippen LogP contribution in [0.5, 0.6) is 0 Å². The van der Waals surface area contributed by atoms with Crippen LogP contribution >= 0.6 is 0 Å². The second-order valence-electron chi connectivity index (χ2n) is 7.39. The van der Waals surface area contributed by atoms with E-state index in [0.29, 0.717) is 12.2 Å². The third-order valence-electron chi connectivity index (χ3n) is 5.29. The molecule has 0 saturated carbocycles. The first-order chi connectivity index (χ1) is 11.2. The number of imidazole rings is 1. The lowest BCUT2D eigenvalue weighted by atomic mass is 9.93. The Hall–Kier alpha value is -0.910. The van der Waals surface area contributed by atoms with Crippen LogP contribution in [0.15, 0.2) is 18.7 Å². The van der Waals surface area contributed by atoms with Gasteiger partial charge in [0.1, 0.15) is 0 Å². The van der Waals surface area contributed by atoms with Crippen molar-refractivity contribution in [2.75, 3.05) is 39.3 Å². The van der Waals surface area contributed by atoms with Gasteiger partial charge in [0.15, 0.2) is 0 Å². The molecule has 5 heteroatoms. The first-order valence-corrected chi connectivity index (χ1v) is 9.25. The Kier molecular flexibility index (Phi) is 6.08. The zero-order valence-electron chi connectivity index (χ0n) is 14.7. The minimum atomic E-state index is 0.392. The monoisotopic (exact) mass is 320 g/mol. The summed E-state index contributed by atoms with van der Waals surface area (Å²) >= 11 is 0. The Morgan fingerprint density at radius 2 is 1.74 bits per heavy atom. The number of hydrogen-bond donors (Lipinski definition) is 0. The van der Waals surface area contributed by atoms with Gasteiger partial charge in [-0.15, -0.1) is 0 Å². The summed E-state index contributed by atoms with van der Waals surface area (Å²) in [5.74, 6) is 0.910. The van der Waals surface area contributed by atoms with E-state index < -0.39 is 0 Å². The number of morpholine rings is 1. The minimum absolute atomic E-state index is 0.392. The Morgan fingerprint density at radius 1 is 1.00 bits per heavy atom. The summed E-state index contributed by atoms with van der Waals surface area (Å²) in [6.07, 6.45) is 10.7. The molecule has 2 saturated heterocycles. The summed E-state index contributed by atoms with van der Waals surface area (Å²) in [5, 5.41) is 0. The maximum atomic E-state index is 5.83. The molecule has 0 spiro atoms. The van der Waals surface area contributed by atoms with Crippen LogP contribution in [-0.2, 0) is 11.3 Å². The predicted molar refractivity (Wildman–Crippen MR) is 92.5 cm³/mol. The minimum Gasteiger partial charge on any atom is -0.373 e. The van der Waals surface area contributed by atoms with E-state index in [1.165, 1.54) is 38.9 Å². The van der Waals surface area contributed by atoms with Gasteiger partial charge in [-0.3, -0.25) is 4.90 Å². The number of nitrogens with zero attached hydrogens (tertiary/aromatic N) is 4. The first-order valence-electron chi connectivity index (χ1n) is 9.25. The van der Waals surface area contributed by atoms with E-state index in [-0.39, 0.29) is 0 Å². The van der Waals surface area contributed by atoms with Crippen LogP contribution in [0.2, 0.25) is 0 Å². The van der Waals surface area contributed by atoms with Crippen molar-refractivity contribution in [2.45, 2.75) is 51.9 Å². The summed E-state index contributed by atoms with van der Waals surface area (Å²) in [6.45, 7) is 12.6. The van der Waals surface area contributed by atoms with Gasteiger partial charge in [0.2, 0.25) is 0 Å². The molecule has 0 radical (unpaired) electrons. The molecule has 1 aromatic rings. The number of aromatic nitrogens is 2. The molecule has 3 rings (SSSR count). The van der Waals surface area contributed by atoms with Crippen molar-refractivity contribution in [3.05, 3.63) is 18.7 Å². The predicted octanol–water partition coefficient (Wildman–Crippen LogP) is 2.09. The van der Waals surface area contributed by atoms with Crippen LogP contribution in [0.1, 0.15) is 33.1 Å². The zero-order chi connectivity index (χ0) is 16.1. The maximum absolute atomic E-state index is 5.83. The third-order valence-corrected chi connectivity index (χ3v) is 5.29. The second kappa shape index (κ2) is 8.27. The molecule has 0 aliphatic carbocycles.